The van der Waals surface area contributed by atoms with E-state index in [2.05, 4.69) is 10.2 Å². The Kier molecular flexibility index (Phi) is 4.15. The predicted octanol–water partition coefficient (Wildman–Crippen LogP) is 2.47. The minimum Gasteiger partial charge on any atom is -0.445 e. The fourth-order valence-electron chi connectivity index (χ4n) is 2.05. The topological polar surface area (TPSA) is 41.6 Å². The van der Waals surface area contributed by atoms with Crippen LogP contribution < -0.4 is 5.32 Å². The highest BCUT2D eigenvalue weighted by Crippen LogP contribution is 2.13. The van der Waals surface area contributed by atoms with Gasteiger partial charge in [0.25, 0.3) is 0 Å². The summed E-state index contributed by atoms with van der Waals surface area (Å²) in [6.45, 7) is 1.80. The van der Waals surface area contributed by atoms with E-state index in [1.807, 2.05) is 7.05 Å². The van der Waals surface area contributed by atoms with E-state index in [-0.39, 0.29) is 11.9 Å². The number of benzene rings is 1. The van der Waals surface area contributed by atoms with E-state index in [1.165, 1.54) is 24.3 Å². The van der Waals surface area contributed by atoms with Gasteiger partial charge >= 0.3 is 6.09 Å². The van der Waals surface area contributed by atoms with Gasteiger partial charge in [0.05, 0.1) is 0 Å². The molecule has 0 aliphatic carbocycles. The standard InChI is InChI=1S/C13H17FN2O2/c1-16-8-2-3-12(9-16)18-13(17)15-11-6-4-10(14)5-7-11/h4-7,12H,2-3,8-9H2,1H3,(H,15,17)/t12-/m0/s1. The van der Waals surface area contributed by atoms with Crippen molar-refractivity contribution in [2.24, 2.45) is 0 Å². The number of rotatable bonds is 2. The SMILES string of the molecule is CN1CCC[C@H](OC(=O)Nc2ccc(F)cc2)C1. The molecule has 18 heavy (non-hydrogen) atoms. The van der Waals surface area contributed by atoms with E-state index < -0.39 is 6.09 Å². The van der Waals surface area contributed by atoms with Gasteiger partial charge in [0.2, 0.25) is 0 Å². The Balaban J connectivity index is 1.83. The minimum atomic E-state index is -0.484. The first-order valence-electron chi connectivity index (χ1n) is 6.05. The summed E-state index contributed by atoms with van der Waals surface area (Å²) < 4.78 is 18.0. The second-order valence-electron chi connectivity index (χ2n) is 4.56. The van der Waals surface area contributed by atoms with Gasteiger partial charge in [-0.15, -0.1) is 0 Å². The van der Waals surface area contributed by atoms with Gasteiger partial charge in [0.1, 0.15) is 11.9 Å². The molecule has 1 N–H and O–H groups in total. The van der Waals surface area contributed by atoms with Crippen molar-refractivity contribution in [3.63, 3.8) is 0 Å². The smallest absolute Gasteiger partial charge is 0.411 e. The second-order valence-corrected chi connectivity index (χ2v) is 4.56. The van der Waals surface area contributed by atoms with Crippen LogP contribution in [0.5, 0.6) is 0 Å². The third-order valence-corrected chi connectivity index (χ3v) is 2.95. The quantitative estimate of drug-likeness (QED) is 0.879. The lowest BCUT2D eigenvalue weighted by Crippen LogP contribution is -2.38. The number of amides is 1. The number of likely N-dealkylation sites (tertiary alicyclic amines) is 1. The average Bonchev–Trinajstić information content (AvgIpc) is 2.32. The number of anilines is 1. The summed E-state index contributed by atoms with van der Waals surface area (Å²) in [5, 5.41) is 2.58. The molecule has 2 rings (SSSR count). The van der Waals surface area contributed by atoms with Crippen molar-refractivity contribution >= 4 is 11.8 Å². The van der Waals surface area contributed by atoms with Crippen molar-refractivity contribution in [3.8, 4) is 0 Å². The van der Waals surface area contributed by atoms with Gasteiger partial charge in [-0.3, -0.25) is 5.32 Å². The Morgan fingerprint density at radius 2 is 2.17 bits per heavy atom. The van der Waals surface area contributed by atoms with Crippen LogP contribution in [-0.4, -0.2) is 37.2 Å². The maximum absolute atomic E-state index is 12.7. The molecule has 1 amide bonds. The van der Waals surface area contributed by atoms with Crippen LogP contribution in [0.15, 0.2) is 24.3 Å². The van der Waals surface area contributed by atoms with Crippen molar-refractivity contribution in [2.45, 2.75) is 18.9 Å². The van der Waals surface area contributed by atoms with E-state index in [0.29, 0.717) is 5.69 Å². The number of ether oxygens (including phenoxy) is 1. The van der Waals surface area contributed by atoms with Gasteiger partial charge in [-0.2, -0.15) is 0 Å². The molecule has 0 bridgehead atoms. The molecule has 1 fully saturated rings. The molecule has 1 saturated heterocycles. The number of likely N-dealkylation sites (N-methyl/N-ethyl adjacent to an activating group) is 1. The number of nitrogens with one attached hydrogen (secondary N) is 1. The van der Waals surface area contributed by atoms with Crippen molar-refractivity contribution in [1.29, 1.82) is 0 Å². The number of carbonyl (C=O) groups excluding carboxylic acids is 1. The zero-order valence-corrected chi connectivity index (χ0v) is 10.4. The molecular formula is C13H17FN2O2. The summed E-state index contributed by atoms with van der Waals surface area (Å²) in [6.07, 6.45) is 1.37. The maximum Gasteiger partial charge on any atom is 0.411 e. The number of hydrogen-bond donors (Lipinski definition) is 1. The van der Waals surface area contributed by atoms with Crippen molar-refractivity contribution in [1.82, 2.24) is 4.90 Å². The molecule has 1 aromatic carbocycles. The fourth-order valence-corrected chi connectivity index (χ4v) is 2.05. The summed E-state index contributed by atoms with van der Waals surface area (Å²) in [6, 6.07) is 5.60. The van der Waals surface area contributed by atoms with Crippen LogP contribution in [-0.2, 0) is 4.74 Å². The van der Waals surface area contributed by atoms with E-state index in [0.717, 1.165) is 25.9 Å². The molecule has 0 unspecified atom stereocenters. The summed E-state index contributed by atoms with van der Waals surface area (Å²) in [5.74, 6) is -0.331. The highest BCUT2D eigenvalue weighted by atomic mass is 19.1. The third-order valence-electron chi connectivity index (χ3n) is 2.95. The first-order valence-corrected chi connectivity index (χ1v) is 6.05. The van der Waals surface area contributed by atoms with Crippen LogP contribution in [0.3, 0.4) is 0 Å². The number of carbonyl (C=O) groups is 1. The Labute approximate surface area is 106 Å². The Bertz CT molecular complexity index is 408. The average molecular weight is 252 g/mol. The normalized spacial score (nSPS) is 20.4. The lowest BCUT2D eigenvalue weighted by atomic mass is 10.1. The first-order chi connectivity index (χ1) is 8.63. The molecule has 5 heteroatoms. The van der Waals surface area contributed by atoms with E-state index >= 15 is 0 Å². The lowest BCUT2D eigenvalue weighted by molar-refractivity contribution is 0.0593. The van der Waals surface area contributed by atoms with Crippen molar-refractivity contribution in [2.75, 3.05) is 25.5 Å². The van der Waals surface area contributed by atoms with E-state index in [1.54, 1.807) is 0 Å². The van der Waals surface area contributed by atoms with Crippen LogP contribution in [0.2, 0.25) is 0 Å². The molecule has 98 valence electrons. The first kappa shape index (κ1) is 12.8. The van der Waals surface area contributed by atoms with E-state index in [9.17, 15) is 9.18 Å². The largest absolute Gasteiger partial charge is 0.445 e. The molecule has 1 aliphatic rings. The highest BCUT2D eigenvalue weighted by molar-refractivity contribution is 5.84. The minimum absolute atomic E-state index is 0.0656. The van der Waals surface area contributed by atoms with Crippen LogP contribution in [0.4, 0.5) is 14.9 Å². The second kappa shape index (κ2) is 5.82. The van der Waals surface area contributed by atoms with Gasteiger partial charge in [-0.1, -0.05) is 0 Å². The zero-order chi connectivity index (χ0) is 13.0. The zero-order valence-electron chi connectivity index (χ0n) is 10.4. The number of halogens is 1. The molecule has 0 saturated carbocycles. The van der Waals surface area contributed by atoms with Crippen LogP contribution >= 0.6 is 0 Å². The van der Waals surface area contributed by atoms with Crippen molar-refractivity contribution in [3.05, 3.63) is 30.1 Å². The predicted molar refractivity (Wildman–Crippen MR) is 67.0 cm³/mol. The van der Waals surface area contributed by atoms with Gasteiger partial charge in [0, 0.05) is 12.2 Å². The molecule has 4 nitrogen and oxygen atoms in total. The molecule has 0 spiro atoms. The van der Waals surface area contributed by atoms with Gasteiger partial charge < -0.3 is 9.64 Å². The molecular weight excluding hydrogens is 235 g/mol. The molecule has 1 heterocycles. The monoisotopic (exact) mass is 252 g/mol. The molecule has 0 aromatic heterocycles. The summed E-state index contributed by atoms with van der Waals surface area (Å²) >= 11 is 0. The third kappa shape index (κ3) is 3.70. The summed E-state index contributed by atoms with van der Waals surface area (Å²) in [4.78, 5) is 13.8. The van der Waals surface area contributed by atoms with E-state index in [4.69, 9.17) is 4.74 Å². The fraction of sp³-hybridized carbons (Fsp3) is 0.462. The van der Waals surface area contributed by atoms with Gasteiger partial charge in [-0.05, 0) is 50.7 Å². The van der Waals surface area contributed by atoms with Gasteiger partial charge in [0.15, 0.2) is 0 Å². The summed E-state index contributed by atoms with van der Waals surface area (Å²) in [5.41, 5.74) is 0.533. The van der Waals surface area contributed by atoms with Crippen LogP contribution in [0.1, 0.15) is 12.8 Å². The van der Waals surface area contributed by atoms with Crippen LogP contribution in [0, 0.1) is 5.82 Å². The lowest BCUT2D eigenvalue weighted by Gasteiger charge is -2.29. The van der Waals surface area contributed by atoms with Crippen LogP contribution in [0.25, 0.3) is 0 Å². The molecule has 1 aromatic rings. The van der Waals surface area contributed by atoms with Gasteiger partial charge in [-0.25, -0.2) is 9.18 Å². The number of hydrogen-bond acceptors (Lipinski definition) is 3. The maximum atomic E-state index is 12.7. The highest BCUT2D eigenvalue weighted by Gasteiger charge is 2.20. The summed E-state index contributed by atoms with van der Waals surface area (Å²) in [7, 11) is 2.01. The molecule has 1 aliphatic heterocycles. The Morgan fingerprint density at radius 3 is 2.83 bits per heavy atom. The van der Waals surface area contributed by atoms with Crippen molar-refractivity contribution < 1.29 is 13.9 Å². The Hall–Kier alpha value is -1.62. The molecule has 1 atom stereocenters. The molecule has 0 radical (unpaired) electrons. The Morgan fingerprint density at radius 1 is 1.44 bits per heavy atom. The number of nitrogens with zero attached hydrogens (tertiary/aromatic N) is 1. The number of piperidine rings is 1.